The van der Waals surface area contributed by atoms with Gasteiger partial charge in [0, 0.05) is 18.3 Å². The van der Waals surface area contributed by atoms with E-state index in [1.54, 1.807) is 24.3 Å². The summed E-state index contributed by atoms with van der Waals surface area (Å²) in [4.78, 5) is 0. The van der Waals surface area contributed by atoms with Crippen molar-refractivity contribution >= 4 is 15.7 Å². The fourth-order valence-corrected chi connectivity index (χ4v) is 3.66. The van der Waals surface area contributed by atoms with Crippen LogP contribution in [-0.2, 0) is 20.5 Å². The second-order valence-electron chi connectivity index (χ2n) is 4.82. The Kier molecular flexibility index (Phi) is 4.44. The third-order valence-corrected chi connectivity index (χ3v) is 4.63. The van der Waals surface area contributed by atoms with Gasteiger partial charge >= 0.3 is 0 Å². The molecule has 1 aromatic carbocycles. The van der Waals surface area contributed by atoms with Crippen LogP contribution < -0.4 is 10.5 Å². The van der Waals surface area contributed by atoms with Gasteiger partial charge in [-0.25, -0.2) is 13.1 Å². The van der Waals surface area contributed by atoms with E-state index < -0.39 is 10.0 Å². The second kappa shape index (κ2) is 5.90. The Morgan fingerprint density at radius 3 is 2.68 bits per heavy atom. The van der Waals surface area contributed by atoms with Crippen molar-refractivity contribution in [2.24, 2.45) is 0 Å². The third-order valence-electron chi connectivity index (χ3n) is 3.24. The highest BCUT2D eigenvalue weighted by molar-refractivity contribution is 7.88. The van der Waals surface area contributed by atoms with Crippen molar-refractivity contribution < 1.29 is 13.2 Å². The molecule has 0 saturated heterocycles. The molecule has 19 heavy (non-hydrogen) atoms. The SMILES string of the molecule is CCOC1CC(NS(=O)(=O)Cc2ccccc2N)C1. The molecule has 0 bridgehead atoms. The van der Waals surface area contributed by atoms with Crippen LogP contribution in [0.3, 0.4) is 0 Å². The summed E-state index contributed by atoms with van der Waals surface area (Å²) < 4.78 is 32.1. The summed E-state index contributed by atoms with van der Waals surface area (Å²) in [6.07, 6.45) is 1.69. The molecular formula is C13H20N2O3S. The number of anilines is 1. The Labute approximate surface area is 114 Å². The van der Waals surface area contributed by atoms with E-state index in [0.29, 0.717) is 17.9 Å². The molecule has 1 fully saturated rings. The first-order valence-corrected chi connectivity index (χ1v) is 8.10. The highest BCUT2D eigenvalue weighted by atomic mass is 32.2. The number of benzene rings is 1. The summed E-state index contributed by atoms with van der Waals surface area (Å²) in [6, 6.07) is 7.01. The van der Waals surface area contributed by atoms with Crippen LogP contribution in [0.1, 0.15) is 25.3 Å². The monoisotopic (exact) mass is 284 g/mol. The van der Waals surface area contributed by atoms with Gasteiger partial charge in [-0.3, -0.25) is 0 Å². The van der Waals surface area contributed by atoms with Gasteiger partial charge in [-0.05, 0) is 31.4 Å². The molecule has 6 heteroatoms. The average Bonchev–Trinajstić information content (AvgIpc) is 2.29. The van der Waals surface area contributed by atoms with E-state index in [1.165, 1.54) is 0 Å². The fourth-order valence-electron chi connectivity index (χ4n) is 2.20. The van der Waals surface area contributed by atoms with E-state index in [0.717, 1.165) is 12.8 Å². The van der Waals surface area contributed by atoms with Crippen LogP contribution in [0.15, 0.2) is 24.3 Å². The molecule has 0 amide bonds. The number of nitrogen functional groups attached to an aromatic ring is 1. The van der Waals surface area contributed by atoms with Gasteiger partial charge in [0.25, 0.3) is 0 Å². The molecule has 0 unspecified atom stereocenters. The van der Waals surface area contributed by atoms with Crippen LogP contribution >= 0.6 is 0 Å². The highest BCUT2D eigenvalue weighted by Crippen LogP contribution is 2.24. The Bertz CT molecular complexity index is 524. The largest absolute Gasteiger partial charge is 0.398 e. The van der Waals surface area contributed by atoms with Crippen LogP contribution in [0.25, 0.3) is 0 Å². The van der Waals surface area contributed by atoms with Crippen LogP contribution in [0.4, 0.5) is 5.69 Å². The van der Waals surface area contributed by atoms with Gasteiger partial charge in [0.05, 0.1) is 11.9 Å². The lowest BCUT2D eigenvalue weighted by atomic mass is 9.90. The molecule has 0 spiro atoms. The normalized spacial score (nSPS) is 23.0. The first-order valence-electron chi connectivity index (χ1n) is 6.45. The quantitative estimate of drug-likeness (QED) is 0.770. The Morgan fingerprint density at radius 1 is 1.37 bits per heavy atom. The minimum absolute atomic E-state index is 0.00788. The van der Waals surface area contributed by atoms with Crippen molar-refractivity contribution in [3.05, 3.63) is 29.8 Å². The number of nitrogens with one attached hydrogen (secondary N) is 1. The van der Waals surface area contributed by atoms with Gasteiger partial charge in [0.2, 0.25) is 10.0 Å². The molecule has 2 rings (SSSR count). The Hall–Kier alpha value is -1.11. The molecule has 3 N–H and O–H groups in total. The Balaban J connectivity index is 1.88. The van der Waals surface area contributed by atoms with Crippen molar-refractivity contribution in [1.29, 1.82) is 0 Å². The zero-order valence-corrected chi connectivity index (χ0v) is 11.8. The average molecular weight is 284 g/mol. The topological polar surface area (TPSA) is 81.4 Å². The number of hydrogen-bond donors (Lipinski definition) is 2. The number of rotatable bonds is 6. The molecule has 1 aliphatic carbocycles. The lowest BCUT2D eigenvalue weighted by molar-refractivity contribution is -0.00476. The highest BCUT2D eigenvalue weighted by Gasteiger charge is 2.32. The van der Waals surface area contributed by atoms with Gasteiger partial charge < -0.3 is 10.5 Å². The van der Waals surface area contributed by atoms with Gasteiger partial charge in [-0.15, -0.1) is 0 Å². The summed E-state index contributed by atoms with van der Waals surface area (Å²) in [6.45, 7) is 2.61. The van der Waals surface area contributed by atoms with E-state index in [2.05, 4.69) is 4.72 Å². The second-order valence-corrected chi connectivity index (χ2v) is 6.58. The van der Waals surface area contributed by atoms with Crippen molar-refractivity contribution in [3.63, 3.8) is 0 Å². The fraction of sp³-hybridized carbons (Fsp3) is 0.538. The molecule has 0 radical (unpaired) electrons. The van der Waals surface area contributed by atoms with Crippen LogP contribution in [-0.4, -0.2) is 27.2 Å². The molecule has 106 valence electrons. The maximum absolute atomic E-state index is 12.0. The predicted octanol–water partition coefficient (Wildman–Crippen LogP) is 1.26. The number of para-hydroxylation sites is 1. The van der Waals surface area contributed by atoms with Gasteiger partial charge in [0.15, 0.2) is 0 Å². The smallest absolute Gasteiger partial charge is 0.216 e. The predicted molar refractivity (Wildman–Crippen MR) is 75.0 cm³/mol. The summed E-state index contributed by atoms with van der Waals surface area (Å²) in [5, 5.41) is 0. The van der Waals surface area contributed by atoms with Gasteiger partial charge in [-0.1, -0.05) is 18.2 Å². The molecule has 1 aliphatic rings. The molecular weight excluding hydrogens is 264 g/mol. The maximum Gasteiger partial charge on any atom is 0.216 e. The summed E-state index contributed by atoms with van der Waals surface area (Å²) in [5.41, 5.74) is 6.90. The lowest BCUT2D eigenvalue weighted by Gasteiger charge is -2.35. The number of nitrogens with two attached hydrogens (primary N) is 1. The molecule has 1 saturated carbocycles. The van der Waals surface area contributed by atoms with E-state index >= 15 is 0 Å². The summed E-state index contributed by atoms with van der Waals surface area (Å²) in [5.74, 6) is -0.0739. The van der Waals surface area contributed by atoms with Crippen molar-refractivity contribution in [2.45, 2.75) is 37.7 Å². The maximum atomic E-state index is 12.0. The van der Waals surface area contributed by atoms with E-state index in [1.807, 2.05) is 6.92 Å². The number of ether oxygens (including phenoxy) is 1. The zero-order chi connectivity index (χ0) is 13.9. The third kappa shape index (κ3) is 3.92. The summed E-state index contributed by atoms with van der Waals surface area (Å²) in [7, 11) is -3.34. The molecule has 0 atom stereocenters. The van der Waals surface area contributed by atoms with Crippen LogP contribution in [0, 0.1) is 0 Å². The lowest BCUT2D eigenvalue weighted by Crippen LogP contribution is -2.48. The standard InChI is InChI=1S/C13H20N2O3S/c1-2-18-12-7-11(8-12)15-19(16,17)9-10-5-3-4-6-13(10)14/h3-6,11-12,15H,2,7-9,14H2,1H3. The Morgan fingerprint density at radius 2 is 2.05 bits per heavy atom. The van der Waals surface area contributed by atoms with Crippen molar-refractivity contribution in [3.8, 4) is 0 Å². The summed E-state index contributed by atoms with van der Waals surface area (Å²) >= 11 is 0. The van der Waals surface area contributed by atoms with E-state index in [-0.39, 0.29) is 17.9 Å². The minimum atomic E-state index is -3.34. The molecule has 0 aliphatic heterocycles. The number of sulfonamides is 1. The first-order chi connectivity index (χ1) is 9.00. The molecule has 1 aromatic rings. The molecule has 0 aromatic heterocycles. The van der Waals surface area contributed by atoms with Crippen LogP contribution in [0.2, 0.25) is 0 Å². The van der Waals surface area contributed by atoms with Crippen molar-refractivity contribution in [1.82, 2.24) is 4.72 Å². The molecule has 5 nitrogen and oxygen atoms in total. The molecule has 0 heterocycles. The zero-order valence-electron chi connectivity index (χ0n) is 11.0. The van der Waals surface area contributed by atoms with Gasteiger partial charge in [0.1, 0.15) is 0 Å². The van der Waals surface area contributed by atoms with Crippen molar-refractivity contribution in [2.75, 3.05) is 12.3 Å². The minimum Gasteiger partial charge on any atom is -0.398 e. The van der Waals surface area contributed by atoms with E-state index in [4.69, 9.17) is 10.5 Å². The van der Waals surface area contributed by atoms with Crippen LogP contribution in [0.5, 0.6) is 0 Å². The number of hydrogen-bond acceptors (Lipinski definition) is 4. The van der Waals surface area contributed by atoms with E-state index in [9.17, 15) is 8.42 Å². The first kappa shape index (κ1) is 14.3. The van der Waals surface area contributed by atoms with Gasteiger partial charge in [-0.2, -0.15) is 0 Å².